The number of carbonyl (C=O) groups excluding carboxylic acids is 1. The van der Waals surface area contributed by atoms with Crippen LogP contribution in [0.1, 0.15) is 12.5 Å². The third-order valence-electron chi connectivity index (χ3n) is 3.23. The van der Waals surface area contributed by atoms with Crippen LogP contribution in [-0.2, 0) is 4.79 Å². The summed E-state index contributed by atoms with van der Waals surface area (Å²) in [6.45, 7) is 3.53. The molecular formula is C17H17ClFNO2. The number of halogens is 2. The topological polar surface area (TPSA) is 38.3 Å². The van der Waals surface area contributed by atoms with Gasteiger partial charge in [0, 0.05) is 23.7 Å². The van der Waals surface area contributed by atoms with Crippen molar-refractivity contribution < 1.29 is 13.9 Å². The molecule has 5 heteroatoms. The summed E-state index contributed by atoms with van der Waals surface area (Å²) in [6, 6.07) is 9.83. The normalized spacial score (nSPS) is 11.9. The van der Waals surface area contributed by atoms with E-state index < -0.39 is 11.9 Å². The Morgan fingerprint density at radius 2 is 2.00 bits per heavy atom. The van der Waals surface area contributed by atoms with Gasteiger partial charge in [-0.15, -0.1) is 0 Å². The van der Waals surface area contributed by atoms with Gasteiger partial charge in [0.1, 0.15) is 11.6 Å². The maximum Gasteiger partial charge on any atom is 0.260 e. The van der Waals surface area contributed by atoms with Crippen LogP contribution in [0.2, 0.25) is 5.02 Å². The van der Waals surface area contributed by atoms with Crippen LogP contribution >= 0.6 is 11.6 Å². The molecule has 3 nitrogen and oxygen atoms in total. The van der Waals surface area contributed by atoms with E-state index in [1.165, 1.54) is 19.2 Å². The van der Waals surface area contributed by atoms with Gasteiger partial charge in [-0.05, 0) is 43.7 Å². The van der Waals surface area contributed by atoms with Gasteiger partial charge >= 0.3 is 0 Å². The second-order valence-electron chi connectivity index (χ2n) is 5.03. The molecule has 2 aromatic carbocycles. The van der Waals surface area contributed by atoms with Gasteiger partial charge in [-0.3, -0.25) is 4.79 Å². The van der Waals surface area contributed by atoms with Gasteiger partial charge in [-0.25, -0.2) is 4.39 Å². The Morgan fingerprint density at radius 3 is 2.68 bits per heavy atom. The number of carbonyl (C=O) groups is 1. The Balaban J connectivity index is 2.38. The molecule has 0 aliphatic carbocycles. The lowest BCUT2D eigenvalue weighted by Gasteiger charge is -2.15. The molecule has 0 aliphatic heterocycles. The Morgan fingerprint density at radius 1 is 1.27 bits per heavy atom. The van der Waals surface area contributed by atoms with Crippen LogP contribution < -0.4 is 10.1 Å². The number of benzene rings is 2. The van der Waals surface area contributed by atoms with Crippen molar-refractivity contribution in [3.05, 3.63) is 52.8 Å². The lowest BCUT2D eigenvalue weighted by atomic mass is 10.0. The largest absolute Gasteiger partial charge is 0.481 e. The minimum absolute atomic E-state index is 0.278. The van der Waals surface area contributed by atoms with Crippen LogP contribution in [0.15, 0.2) is 36.4 Å². The number of rotatable bonds is 4. The van der Waals surface area contributed by atoms with Crippen LogP contribution in [0.25, 0.3) is 11.1 Å². The summed E-state index contributed by atoms with van der Waals surface area (Å²) in [5.41, 5.74) is 2.34. The maximum absolute atomic E-state index is 13.9. The van der Waals surface area contributed by atoms with E-state index in [1.54, 1.807) is 19.1 Å². The highest BCUT2D eigenvalue weighted by atomic mass is 35.5. The van der Waals surface area contributed by atoms with E-state index >= 15 is 0 Å². The number of aryl methyl sites for hydroxylation is 1. The summed E-state index contributed by atoms with van der Waals surface area (Å²) >= 11 is 6.19. The maximum atomic E-state index is 13.9. The molecule has 0 spiro atoms. The quantitative estimate of drug-likeness (QED) is 0.925. The van der Waals surface area contributed by atoms with E-state index in [1.807, 2.05) is 19.1 Å². The third-order valence-corrected chi connectivity index (χ3v) is 3.56. The standard InChI is InChI=1S/C17H17ClFNO2/c1-10-4-5-16(18)15(6-10)12-7-13(19)9-14(8-12)22-11(2)17(21)20-3/h4-9,11H,1-3H3,(H,20,21). The van der Waals surface area contributed by atoms with Gasteiger partial charge in [-0.2, -0.15) is 0 Å². The highest BCUT2D eigenvalue weighted by molar-refractivity contribution is 6.33. The molecule has 1 N–H and O–H groups in total. The predicted molar refractivity (Wildman–Crippen MR) is 85.7 cm³/mol. The monoisotopic (exact) mass is 321 g/mol. The Bertz CT molecular complexity index is 703. The SMILES string of the molecule is CNC(=O)C(C)Oc1cc(F)cc(-c2cc(C)ccc2Cl)c1. The molecule has 0 heterocycles. The highest BCUT2D eigenvalue weighted by Gasteiger charge is 2.14. The van der Waals surface area contributed by atoms with Crippen molar-refractivity contribution in [2.24, 2.45) is 0 Å². The third kappa shape index (κ3) is 3.77. The van der Waals surface area contributed by atoms with Crippen molar-refractivity contribution >= 4 is 17.5 Å². The molecule has 22 heavy (non-hydrogen) atoms. The molecule has 2 aromatic rings. The number of likely N-dealkylation sites (N-methyl/N-ethyl adjacent to an activating group) is 1. The van der Waals surface area contributed by atoms with Gasteiger partial charge in [-0.1, -0.05) is 23.2 Å². The summed E-state index contributed by atoms with van der Waals surface area (Å²) in [6.07, 6.45) is -0.715. The van der Waals surface area contributed by atoms with Crippen molar-refractivity contribution in [3.8, 4) is 16.9 Å². The zero-order valence-corrected chi connectivity index (χ0v) is 13.4. The van der Waals surface area contributed by atoms with E-state index in [-0.39, 0.29) is 11.7 Å². The van der Waals surface area contributed by atoms with Crippen molar-refractivity contribution in [1.82, 2.24) is 5.32 Å². The van der Waals surface area contributed by atoms with Crippen LogP contribution in [0.5, 0.6) is 5.75 Å². The highest BCUT2D eigenvalue weighted by Crippen LogP contribution is 2.32. The number of amides is 1. The van der Waals surface area contributed by atoms with E-state index in [4.69, 9.17) is 16.3 Å². The lowest BCUT2D eigenvalue weighted by Crippen LogP contribution is -2.33. The van der Waals surface area contributed by atoms with Gasteiger partial charge < -0.3 is 10.1 Å². The fourth-order valence-electron chi connectivity index (χ4n) is 2.11. The van der Waals surface area contributed by atoms with Crippen molar-refractivity contribution in [2.45, 2.75) is 20.0 Å². The van der Waals surface area contributed by atoms with Crippen LogP contribution in [0.4, 0.5) is 4.39 Å². The molecule has 1 atom stereocenters. The smallest absolute Gasteiger partial charge is 0.260 e. The molecule has 1 unspecified atom stereocenters. The number of hydrogen-bond acceptors (Lipinski definition) is 2. The summed E-state index contributed by atoms with van der Waals surface area (Å²) in [5.74, 6) is -0.447. The molecule has 0 aliphatic rings. The molecule has 0 aromatic heterocycles. The zero-order valence-electron chi connectivity index (χ0n) is 12.6. The van der Waals surface area contributed by atoms with E-state index in [9.17, 15) is 9.18 Å². The van der Waals surface area contributed by atoms with Gasteiger partial charge in [0.25, 0.3) is 5.91 Å². The molecule has 0 fully saturated rings. The molecule has 116 valence electrons. The molecule has 0 bridgehead atoms. The van der Waals surface area contributed by atoms with Crippen LogP contribution in [0, 0.1) is 12.7 Å². The first-order valence-electron chi connectivity index (χ1n) is 6.86. The second kappa shape index (κ2) is 6.79. The van der Waals surface area contributed by atoms with Crippen LogP contribution in [0.3, 0.4) is 0 Å². The Hall–Kier alpha value is -2.07. The first-order valence-corrected chi connectivity index (χ1v) is 7.24. The molecule has 0 radical (unpaired) electrons. The number of ether oxygens (including phenoxy) is 1. The van der Waals surface area contributed by atoms with Crippen molar-refractivity contribution in [1.29, 1.82) is 0 Å². The lowest BCUT2D eigenvalue weighted by molar-refractivity contribution is -0.126. The molecule has 2 rings (SSSR count). The zero-order chi connectivity index (χ0) is 16.3. The number of nitrogens with one attached hydrogen (secondary N) is 1. The van der Waals surface area contributed by atoms with E-state index in [2.05, 4.69) is 5.32 Å². The van der Waals surface area contributed by atoms with Crippen molar-refractivity contribution in [2.75, 3.05) is 7.05 Å². The summed E-state index contributed by atoms with van der Waals surface area (Å²) in [4.78, 5) is 11.5. The average molecular weight is 322 g/mol. The summed E-state index contributed by atoms with van der Waals surface area (Å²) in [5, 5.41) is 3.01. The van der Waals surface area contributed by atoms with E-state index in [0.29, 0.717) is 10.6 Å². The average Bonchev–Trinajstić information content (AvgIpc) is 2.48. The summed E-state index contributed by atoms with van der Waals surface area (Å²) < 4.78 is 19.3. The fraction of sp³-hybridized carbons (Fsp3) is 0.235. The Kier molecular flexibility index (Phi) is 5.03. The minimum Gasteiger partial charge on any atom is -0.481 e. The van der Waals surface area contributed by atoms with Gasteiger partial charge in [0.05, 0.1) is 0 Å². The molecule has 1 amide bonds. The van der Waals surface area contributed by atoms with E-state index in [0.717, 1.165) is 11.1 Å². The Labute approximate surface area is 134 Å². The van der Waals surface area contributed by atoms with Gasteiger partial charge in [0.15, 0.2) is 6.10 Å². The predicted octanol–water partition coefficient (Wildman–Crippen LogP) is 3.97. The molecule has 0 saturated carbocycles. The molecule has 0 saturated heterocycles. The van der Waals surface area contributed by atoms with Gasteiger partial charge in [0.2, 0.25) is 0 Å². The fourth-order valence-corrected chi connectivity index (χ4v) is 2.33. The summed E-state index contributed by atoms with van der Waals surface area (Å²) in [7, 11) is 1.52. The minimum atomic E-state index is -0.715. The molecular weight excluding hydrogens is 305 g/mol. The number of hydrogen-bond donors (Lipinski definition) is 1. The second-order valence-corrected chi connectivity index (χ2v) is 5.44. The first kappa shape index (κ1) is 16.3. The first-order chi connectivity index (χ1) is 10.4. The van der Waals surface area contributed by atoms with Crippen LogP contribution in [-0.4, -0.2) is 19.1 Å². The van der Waals surface area contributed by atoms with Crippen molar-refractivity contribution in [3.63, 3.8) is 0 Å².